The summed E-state index contributed by atoms with van der Waals surface area (Å²) in [6, 6.07) is 14.7. The number of amides is 3. The van der Waals surface area contributed by atoms with Crippen LogP contribution in [0.2, 0.25) is 15.1 Å². The van der Waals surface area contributed by atoms with Crippen molar-refractivity contribution in [3.05, 3.63) is 98.4 Å². The standard InChI is InChI=1S/C23H14Cl3FN2O3/c24-15-3-7-17(8-4-15)29-22(30)20(28-23(29)31)11-14-9-18(25)21(19(26)10-14)32-12-13-1-5-16(27)6-2-13/h1-11H,12H2,(H,28,31)/b20-11+. The van der Waals surface area contributed by atoms with Gasteiger partial charge in [-0.3, -0.25) is 4.79 Å². The molecule has 1 aliphatic heterocycles. The Morgan fingerprint density at radius 1 is 0.938 bits per heavy atom. The largest absolute Gasteiger partial charge is 0.486 e. The number of ether oxygens (including phenoxy) is 1. The number of urea groups is 1. The predicted octanol–water partition coefficient (Wildman–Crippen LogP) is 6.46. The normalized spacial score (nSPS) is 14.8. The van der Waals surface area contributed by atoms with Crippen LogP contribution in [0.25, 0.3) is 6.08 Å². The molecule has 1 fully saturated rings. The summed E-state index contributed by atoms with van der Waals surface area (Å²) in [5.74, 6) is -0.615. The summed E-state index contributed by atoms with van der Waals surface area (Å²) in [7, 11) is 0. The fourth-order valence-corrected chi connectivity index (χ4v) is 3.80. The van der Waals surface area contributed by atoms with Crippen molar-refractivity contribution >= 4 is 58.5 Å². The van der Waals surface area contributed by atoms with Crippen LogP contribution in [0.1, 0.15) is 11.1 Å². The lowest BCUT2D eigenvalue weighted by Crippen LogP contribution is -2.30. The lowest BCUT2D eigenvalue weighted by molar-refractivity contribution is -0.113. The Hall–Kier alpha value is -3.06. The van der Waals surface area contributed by atoms with Crippen molar-refractivity contribution < 1.29 is 18.7 Å². The number of halogens is 4. The molecule has 0 atom stereocenters. The highest BCUT2D eigenvalue weighted by Gasteiger charge is 2.34. The molecule has 0 bridgehead atoms. The molecule has 0 aromatic heterocycles. The van der Waals surface area contributed by atoms with Crippen molar-refractivity contribution in [1.29, 1.82) is 0 Å². The van der Waals surface area contributed by atoms with Gasteiger partial charge in [0, 0.05) is 5.02 Å². The molecular weight excluding hydrogens is 478 g/mol. The smallest absolute Gasteiger partial charge is 0.333 e. The number of nitrogens with one attached hydrogen (secondary N) is 1. The number of rotatable bonds is 5. The molecule has 0 saturated carbocycles. The van der Waals surface area contributed by atoms with E-state index in [-0.39, 0.29) is 33.9 Å². The van der Waals surface area contributed by atoms with Crippen LogP contribution in [0.15, 0.2) is 66.4 Å². The molecule has 5 nitrogen and oxygen atoms in total. The highest BCUT2D eigenvalue weighted by molar-refractivity contribution is 6.37. The molecule has 32 heavy (non-hydrogen) atoms. The van der Waals surface area contributed by atoms with Gasteiger partial charge in [0.15, 0.2) is 5.75 Å². The molecule has 1 aliphatic rings. The minimum absolute atomic E-state index is 0.0667. The molecule has 3 aromatic carbocycles. The average Bonchev–Trinajstić information content (AvgIpc) is 3.02. The van der Waals surface area contributed by atoms with Crippen molar-refractivity contribution in [2.24, 2.45) is 0 Å². The van der Waals surface area contributed by atoms with Gasteiger partial charge in [-0.2, -0.15) is 0 Å². The molecular formula is C23H14Cl3FN2O3. The molecule has 0 radical (unpaired) electrons. The van der Waals surface area contributed by atoms with Crippen LogP contribution in [-0.4, -0.2) is 11.9 Å². The minimum atomic E-state index is -0.583. The van der Waals surface area contributed by atoms with Crippen LogP contribution in [0.5, 0.6) is 5.75 Å². The summed E-state index contributed by atoms with van der Waals surface area (Å²) < 4.78 is 18.7. The average molecular weight is 492 g/mol. The van der Waals surface area contributed by atoms with Gasteiger partial charge in [-0.25, -0.2) is 14.1 Å². The van der Waals surface area contributed by atoms with Crippen molar-refractivity contribution in [3.63, 3.8) is 0 Å². The molecule has 0 spiro atoms. The molecule has 0 aliphatic carbocycles. The van der Waals surface area contributed by atoms with E-state index >= 15 is 0 Å². The van der Waals surface area contributed by atoms with Crippen LogP contribution in [0.3, 0.4) is 0 Å². The van der Waals surface area contributed by atoms with Crippen molar-refractivity contribution in [3.8, 4) is 5.75 Å². The van der Waals surface area contributed by atoms with Gasteiger partial charge in [0.2, 0.25) is 0 Å². The Labute approximate surface area is 197 Å². The number of benzene rings is 3. The number of nitrogens with zero attached hydrogens (tertiary/aromatic N) is 1. The molecule has 9 heteroatoms. The minimum Gasteiger partial charge on any atom is -0.486 e. The second kappa shape index (κ2) is 9.20. The Morgan fingerprint density at radius 2 is 1.56 bits per heavy atom. The summed E-state index contributed by atoms with van der Waals surface area (Å²) in [6.07, 6.45) is 1.47. The van der Waals surface area contributed by atoms with E-state index in [2.05, 4.69) is 5.32 Å². The predicted molar refractivity (Wildman–Crippen MR) is 123 cm³/mol. The number of hydrogen-bond acceptors (Lipinski definition) is 3. The SMILES string of the molecule is O=C1N/C(=C/c2cc(Cl)c(OCc3ccc(F)cc3)c(Cl)c2)C(=O)N1c1ccc(Cl)cc1. The van der Waals surface area contributed by atoms with Gasteiger partial charge in [0.25, 0.3) is 5.91 Å². The first kappa shape index (κ1) is 22.1. The number of imide groups is 1. The maximum atomic E-state index is 13.0. The Bertz CT molecular complexity index is 1210. The molecule has 3 amide bonds. The Balaban J connectivity index is 1.54. The molecule has 162 valence electrons. The first-order valence-corrected chi connectivity index (χ1v) is 10.4. The first-order chi connectivity index (χ1) is 15.3. The van der Waals surface area contributed by atoms with E-state index in [4.69, 9.17) is 39.5 Å². The zero-order valence-corrected chi connectivity index (χ0v) is 18.5. The topological polar surface area (TPSA) is 58.6 Å². The third-order valence-electron chi connectivity index (χ3n) is 4.59. The Morgan fingerprint density at radius 3 is 2.19 bits per heavy atom. The van der Waals surface area contributed by atoms with Crippen molar-refractivity contribution in [2.45, 2.75) is 6.61 Å². The summed E-state index contributed by atoms with van der Waals surface area (Å²) >= 11 is 18.5. The van der Waals surface area contributed by atoms with E-state index in [1.807, 2.05) is 0 Å². The number of hydrogen-bond donors (Lipinski definition) is 1. The van der Waals surface area contributed by atoms with E-state index in [0.717, 1.165) is 10.5 Å². The van der Waals surface area contributed by atoms with Crippen molar-refractivity contribution in [1.82, 2.24) is 5.32 Å². The third kappa shape index (κ3) is 4.72. The monoisotopic (exact) mass is 490 g/mol. The number of carbonyl (C=O) groups excluding carboxylic acids is 2. The van der Waals surface area contributed by atoms with Gasteiger partial charge in [0.1, 0.15) is 18.1 Å². The van der Waals surface area contributed by atoms with Crippen LogP contribution >= 0.6 is 34.8 Å². The van der Waals surface area contributed by atoms with Gasteiger partial charge in [-0.05, 0) is 65.7 Å². The van der Waals surface area contributed by atoms with E-state index in [1.54, 1.807) is 48.5 Å². The van der Waals surface area contributed by atoms with E-state index in [0.29, 0.717) is 16.3 Å². The molecule has 3 aromatic rings. The lowest BCUT2D eigenvalue weighted by atomic mass is 10.1. The van der Waals surface area contributed by atoms with E-state index < -0.39 is 11.9 Å². The molecule has 1 saturated heterocycles. The molecule has 0 unspecified atom stereocenters. The van der Waals surface area contributed by atoms with E-state index in [1.165, 1.54) is 18.2 Å². The van der Waals surface area contributed by atoms with Gasteiger partial charge >= 0.3 is 6.03 Å². The van der Waals surface area contributed by atoms with Crippen LogP contribution in [0, 0.1) is 5.82 Å². The summed E-state index contributed by atoms with van der Waals surface area (Å²) in [5.41, 5.74) is 1.69. The van der Waals surface area contributed by atoms with Gasteiger partial charge in [0.05, 0.1) is 15.7 Å². The zero-order chi connectivity index (χ0) is 22.8. The van der Waals surface area contributed by atoms with Gasteiger partial charge < -0.3 is 10.1 Å². The van der Waals surface area contributed by atoms with Crippen molar-refractivity contribution in [2.75, 3.05) is 4.90 Å². The van der Waals surface area contributed by atoms with E-state index in [9.17, 15) is 14.0 Å². The lowest BCUT2D eigenvalue weighted by Gasteiger charge is -2.12. The third-order valence-corrected chi connectivity index (χ3v) is 5.40. The molecule has 4 rings (SSSR count). The summed E-state index contributed by atoms with van der Waals surface area (Å²) in [6.45, 7) is 0.144. The highest BCUT2D eigenvalue weighted by Crippen LogP contribution is 2.36. The first-order valence-electron chi connectivity index (χ1n) is 9.31. The number of anilines is 1. The molecule has 1 N–H and O–H groups in total. The maximum Gasteiger partial charge on any atom is 0.333 e. The zero-order valence-electron chi connectivity index (χ0n) is 16.2. The quantitative estimate of drug-likeness (QED) is 0.329. The molecule has 1 heterocycles. The second-order valence-electron chi connectivity index (χ2n) is 6.83. The number of carbonyl (C=O) groups is 2. The van der Waals surface area contributed by atoms with Crippen LogP contribution in [-0.2, 0) is 11.4 Å². The van der Waals surface area contributed by atoms with Gasteiger partial charge in [-0.1, -0.05) is 46.9 Å². The van der Waals surface area contributed by atoms with Crippen LogP contribution in [0.4, 0.5) is 14.9 Å². The van der Waals surface area contributed by atoms with Gasteiger partial charge in [-0.15, -0.1) is 0 Å². The second-order valence-corrected chi connectivity index (χ2v) is 8.08. The fourth-order valence-electron chi connectivity index (χ4n) is 3.06. The highest BCUT2D eigenvalue weighted by atomic mass is 35.5. The van der Waals surface area contributed by atoms with Crippen LogP contribution < -0.4 is 15.0 Å². The summed E-state index contributed by atoms with van der Waals surface area (Å²) in [4.78, 5) is 26.1. The Kier molecular flexibility index (Phi) is 6.37. The fraction of sp³-hybridized carbons (Fsp3) is 0.0435. The maximum absolute atomic E-state index is 13.0. The summed E-state index contributed by atoms with van der Waals surface area (Å²) in [5, 5.41) is 3.47.